The van der Waals surface area contributed by atoms with Gasteiger partial charge in [0, 0.05) is 28.4 Å². The van der Waals surface area contributed by atoms with Crippen molar-refractivity contribution in [2.45, 2.75) is 40.2 Å². The molecule has 0 saturated heterocycles. The molecule has 174 valence electrons. The van der Waals surface area contributed by atoms with Gasteiger partial charge in [0.2, 0.25) is 0 Å². The number of halogens is 1. The summed E-state index contributed by atoms with van der Waals surface area (Å²) in [6, 6.07) is 9.96. The Kier molecular flexibility index (Phi) is 7.66. The summed E-state index contributed by atoms with van der Waals surface area (Å²) in [6.07, 6.45) is 1.94. The van der Waals surface area contributed by atoms with Gasteiger partial charge in [-0.15, -0.1) is 0 Å². The van der Waals surface area contributed by atoms with Gasteiger partial charge in [0.25, 0.3) is 0 Å². The number of rotatable bonds is 2. The third-order valence-corrected chi connectivity index (χ3v) is 4.94. The number of ether oxygens (including phenoxy) is 2. The van der Waals surface area contributed by atoms with Gasteiger partial charge in [-0.3, -0.25) is 10.1 Å². The fourth-order valence-electron chi connectivity index (χ4n) is 3.22. The number of benzene rings is 2. The maximum atomic E-state index is 12.0. The number of phenols is 1. The molecular formula is C25H26ClNO6. The molecule has 0 radical (unpaired) electrons. The Labute approximate surface area is 196 Å². The summed E-state index contributed by atoms with van der Waals surface area (Å²) in [7, 11) is 0. The first-order chi connectivity index (χ1) is 15.6. The normalized spacial score (nSPS) is 12.6. The van der Waals surface area contributed by atoms with Gasteiger partial charge in [0.05, 0.1) is 6.10 Å². The molecule has 33 heavy (non-hydrogen) atoms. The molecule has 0 aliphatic carbocycles. The van der Waals surface area contributed by atoms with E-state index < -0.39 is 6.09 Å². The predicted molar refractivity (Wildman–Crippen MR) is 129 cm³/mol. The van der Waals surface area contributed by atoms with Gasteiger partial charge in [-0.2, -0.15) is 0 Å². The summed E-state index contributed by atoms with van der Waals surface area (Å²) in [4.78, 5) is 23.1. The number of fused-ring (bicyclic) bond motifs is 2. The van der Waals surface area contributed by atoms with Gasteiger partial charge in [-0.25, -0.2) is 4.79 Å². The van der Waals surface area contributed by atoms with Crippen LogP contribution in [0.4, 0.5) is 10.5 Å². The number of aryl methyl sites for hydroxylation is 1. The Hall–Kier alpha value is -3.45. The van der Waals surface area contributed by atoms with E-state index in [0.29, 0.717) is 46.4 Å². The second kappa shape index (κ2) is 10.4. The molecular weight excluding hydrogens is 446 g/mol. The fourth-order valence-corrected chi connectivity index (χ4v) is 3.41. The molecule has 0 saturated carbocycles. The average Bonchev–Trinajstić information content (AvgIpc) is 2.89. The molecule has 1 aliphatic rings. The van der Waals surface area contributed by atoms with Crippen molar-refractivity contribution >= 4 is 34.4 Å². The van der Waals surface area contributed by atoms with E-state index in [1.165, 1.54) is 6.07 Å². The van der Waals surface area contributed by atoms with E-state index in [2.05, 4.69) is 5.32 Å². The van der Waals surface area contributed by atoms with Crippen molar-refractivity contribution in [2.24, 2.45) is 0 Å². The van der Waals surface area contributed by atoms with E-state index >= 15 is 0 Å². The van der Waals surface area contributed by atoms with Crippen LogP contribution >= 0.6 is 11.6 Å². The van der Waals surface area contributed by atoms with Gasteiger partial charge < -0.3 is 19.0 Å². The lowest BCUT2D eigenvalue weighted by Gasteiger charge is -2.11. The summed E-state index contributed by atoms with van der Waals surface area (Å²) < 4.78 is 16.0. The van der Waals surface area contributed by atoms with Crippen LogP contribution in [0.15, 0.2) is 57.3 Å². The summed E-state index contributed by atoms with van der Waals surface area (Å²) >= 11 is 5.74. The SMILES string of the molecule is CC(C)OC(=O)Nc1cccc(Cl)c1.CC1=CCc2c(cc3oc(C)cc(=O)c3c2O)OC1. The molecule has 2 heterocycles. The molecule has 0 unspecified atom stereocenters. The molecule has 1 amide bonds. The van der Waals surface area contributed by atoms with Crippen molar-refractivity contribution in [3.05, 3.63) is 74.6 Å². The van der Waals surface area contributed by atoms with Gasteiger partial charge >= 0.3 is 6.09 Å². The van der Waals surface area contributed by atoms with Crippen LogP contribution in [0.1, 0.15) is 32.1 Å². The summed E-state index contributed by atoms with van der Waals surface area (Å²) in [5.41, 5.74) is 2.49. The van der Waals surface area contributed by atoms with Gasteiger partial charge in [-0.05, 0) is 57.9 Å². The second-order valence-corrected chi connectivity index (χ2v) is 8.37. The number of nitrogens with one attached hydrogen (secondary N) is 1. The molecule has 4 rings (SSSR count). The van der Waals surface area contributed by atoms with Crippen molar-refractivity contribution in [2.75, 3.05) is 11.9 Å². The lowest BCUT2D eigenvalue weighted by molar-refractivity contribution is 0.130. The van der Waals surface area contributed by atoms with Crippen LogP contribution in [0.25, 0.3) is 11.0 Å². The highest BCUT2D eigenvalue weighted by atomic mass is 35.5. The van der Waals surface area contributed by atoms with Crippen LogP contribution in [0.5, 0.6) is 11.5 Å². The van der Waals surface area contributed by atoms with Crippen molar-refractivity contribution in [1.29, 1.82) is 0 Å². The monoisotopic (exact) mass is 471 g/mol. The maximum Gasteiger partial charge on any atom is 0.411 e. The zero-order valence-electron chi connectivity index (χ0n) is 18.9. The van der Waals surface area contributed by atoms with Gasteiger partial charge in [0.15, 0.2) is 5.43 Å². The number of hydrogen-bond donors (Lipinski definition) is 2. The number of allylic oxidation sites excluding steroid dienone is 1. The predicted octanol–water partition coefficient (Wildman–Crippen LogP) is 5.99. The quantitative estimate of drug-likeness (QED) is 0.446. The first-order valence-electron chi connectivity index (χ1n) is 10.4. The highest BCUT2D eigenvalue weighted by molar-refractivity contribution is 6.30. The number of amides is 1. The fraction of sp³-hybridized carbons (Fsp3) is 0.280. The van der Waals surface area contributed by atoms with E-state index in [9.17, 15) is 14.7 Å². The van der Waals surface area contributed by atoms with Crippen LogP contribution < -0.4 is 15.5 Å². The number of hydrogen-bond acceptors (Lipinski definition) is 6. The average molecular weight is 472 g/mol. The third kappa shape index (κ3) is 6.29. The summed E-state index contributed by atoms with van der Waals surface area (Å²) in [6.45, 7) is 7.73. The van der Waals surface area contributed by atoms with E-state index in [4.69, 9.17) is 25.5 Å². The van der Waals surface area contributed by atoms with Crippen LogP contribution in [0, 0.1) is 6.92 Å². The molecule has 8 heteroatoms. The first-order valence-corrected chi connectivity index (χ1v) is 10.8. The maximum absolute atomic E-state index is 12.0. The number of anilines is 1. The summed E-state index contributed by atoms with van der Waals surface area (Å²) in [5.74, 6) is 1.05. The molecule has 1 aliphatic heterocycles. The molecule has 2 N–H and O–H groups in total. The Morgan fingerprint density at radius 3 is 2.67 bits per heavy atom. The van der Waals surface area contributed by atoms with E-state index in [1.807, 2.05) is 13.0 Å². The standard InChI is InChI=1S/C15H14O4.C10H12ClNO2/c1-8-3-4-10-12(18-7-8)6-13-14(15(10)17)11(16)5-9(2)19-13;1-7(2)14-10(13)12-9-5-3-4-8(11)6-9/h3,5-6,17H,4,7H2,1-2H3;3-7H,1-2H3,(H,12,13). The number of carbonyl (C=O) groups excluding carboxylic acids is 1. The van der Waals surface area contributed by atoms with Crippen LogP contribution in [0.2, 0.25) is 5.02 Å². The highest BCUT2D eigenvalue weighted by Gasteiger charge is 2.19. The highest BCUT2D eigenvalue weighted by Crippen LogP contribution is 2.37. The number of phenolic OH excluding ortho intramolecular Hbond substituents is 1. The molecule has 0 atom stereocenters. The van der Waals surface area contributed by atoms with Crippen LogP contribution in [0.3, 0.4) is 0 Å². The lowest BCUT2D eigenvalue weighted by Crippen LogP contribution is -2.17. The number of aromatic hydroxyl groups is 1. The topological polar surface area (TPSA) is 98.0 Å². The van der Waals surface area contributed by atoms with Crippen LogP contribution in [-0.4, -0.2) is 23.9 Å². The molecule has 0 bridgehead atoms. The Balaban J connectivity index is 0.000000196. The van der Waals surface area contributed by atoms with E-state index in [-0.39, 0.29) is 22.7 Å². The first kappa shape index (κ1) is 24.2. The lowest BCUT2D eigenvalue weighted by atomic mass is 10.0. The second-order valence-electron chi connectivity index (χ2n) is 7.93. The molecule has 0 fully saturated rings. The van der Waals surface area contributed by atoms with Gasteiger partial charge in [-0.1, -0.05) is 23.7 Å². The van der Waals surface area contributed by atoms with Crippen molar-refractivity contribution in [3.63, 3.8) is 0 Å². The third-order valence-electron chi connectivity index (χ3n) is 4.70. The minimum Gasteiger partial charge on any atom is -0.507 e. The smallest absolute Gasteiger partial charge is 0.411 e. The molecule has 7 nitrogen and oxygen atoms in total. The molecule has 0 spiro atoms. The zero-order valence-corrected chi connectivity index (χ0v) is 19.7. The summed E-state index contributed by atoms with van der Waals surface area (Å²) in [5, 5.41) is 13.7. The van der Waals surface area contributed by atoms with E-state index in [0.717, 1.165) is 5.57 Å². The molecule has 3 aromatic rings. The zero-order chi connectivity index (χ0) is 24.1. The molecule has 2 aromatic carbocycles. The van der Waals surface area contributed by atoms with Crippen LogP contribution in [-0.2, 0) is 11.2 Å². The van der Waals surface area contributed by atoms with Crippen molar-refractivity contribution in [3.8, 4) is 11.5 Å². The minimum absolute atomic E-state index is 0.0350. The van der Waals surface area contributed by atoms with Gasteiger partial charge in [0.1, 0.15) is 34.8 Å². The van der Waals surface area contributed by atoms with E-state index in [1.54, 1.807) is 51.1 Å². The number of carbonyl (C=O) groups is 1. The Morgan fingerprint density at radius 1 is 1.21 bits per heavy atom. The van der Waals surface area contributed by atoms with Crippen molar-refractivity contribution < 1.29 is 23.8 Å². The Morgan fingerprint density at radius 2 is 1.97 bits per heavy atom. The Bertz CT molecular complexity index is 1260. The minimum atomic E-state index is -0.470. The van der Waals surface area contributed by atoms with Crippen molar-refractivity contribution in [1.82, 2.24) is 0 Å². The molecule has 1 aromatic heterocycles. The largest absolute Gasteiger partial charge is 0.507 e.